The average molecular weight is 247 g/mol. The highest BCUT2D eigenvalue weighted by molar-refractivity contribution is 5.94. The van der Waals surface area contributed by atoms with Gasteiger partial charge in [-0.05, 0) is 49.8 Å². The second-order valence-corrected chi connectivity index (χ2v) is 4.61. The molecule has 18 heavy (non-hydrogen) atoms. The fraction of sp³-hybridized carbons (Fsp3) is 0.467. The predicted molar refractivity (Wildman–Crippen MR) is 70.4 cm³/mol. The number of esters is 1. The van der Waals surface area contributed by atoms with Crippen molar-refractivity contribution in [1.29, 1.82) is 0 Å². The Morgan fingerprint density at radius 1 is 1.50 bits per heavy atom. The summed E-state index contributed by atoms with van der Waals surface area (Å²) in [5, 5.41) is 0. The maximum absolute atomic E-state index is 11.2. The Hall–Kier alpha value is -1.64. The number of carbonyl (C=O) groups is 1. The maximum Gasteiger partial charge on any atom is 0.519 e. The summed E-state index contributed by atoms with van der Waals surface area (Å²) < 4.78 is 10.7. The first-order chi connectivity index (χ1) is 8.71. The Morgan fingerprint density at radius 3 is 2.72 bits per heavy atom. The summed E-state index contributed by atoms with van der Waals surface area (Å²) in [5.74, 6) is 1.05. The van der Waals surface area contributed by atoms with Crippen molar-refractivity contribution in [1.82, 2.24) is 0 Å². The van der Waals surface area contributed by atoms with Gasteiger partial charge in [0.2, 0.25) is 0 Å². The molecule has 0 N–H and O–H groups in total. The van der Waals surface area contributed by atoms with E-state index in [0.29, 0.717) is 18.5 Å². The average Bonchev–Trinajstić information content (AvgIpc) is 3.20. The molecule has 96 valence electrons. The fourth-order valence-corrected chi connectivity index (χ4v) is 2.19. The zero-order valence-electron chi connectivity index (χ0n) is 11.2. The lowest BCUT2D eigenvalue weighted by Gasteiger charge is -2.07. The van der Waals surface area contributed by atoms with Gasteiger partial charge in [-0.25, -0.2) is 0 Å². The molecule has 1 saturated carbocycles. The van der Waals surface area contributed by atoms with Gasteiger partial charge in [0.15, 0.2) is 13.7 Å². The summed E-state index contributed by atoms with van der Waals surface area (Å²) in [7, 11) is 1.58. The first-order valence-electron chi connectivity index (χ1n) is 6.35. The Morgan fingerprint density at radius 2 is 2.22 bits per heavy atom. The molecule has 1 fully saturated rings. The molecule has 0 atom stereocenters. The Kier molecular flexibility index (Phi) is 3.80. The summed E-state index contributed by atoms with van der Waals surface area (Å²) in [4.78, 5) is 11.2. The highest BCUT2D eigenvalue weighted by Gasteiger charge is 2.29. The van der Waals surface area contributed by atoms with Crippen LogP contribution in [-0.4, -0.2) is 26.0 Å². The molecule has 0 saturated heterocycles. The van der Waals surface area contributed by atoms with Gasteiger partial charge in [-0.3, -0.25) is 4.79 Å². The van der Waals surface area contributed by atoms with Crippen molar-refractivity contribution in [3.8, 4) is 0 Å². The first-order valence-corrected chi connectivity index (χ1v) is 6.35. The van der Waals surface area contributed by atoms with Crippen LogP contribution in [0.5, 0.6) is 0 Å². The van der Waals surface area contributed by atoms with Crippen LogP contribution in [-0.2, 0) is 4.74 Å². The lowest BCUT2D eigenvalue weighted by atomic mass is 9.97. The normalized spacial score (nSPS) is 15.6. The van der Waals surface area contributed by atoms with Gasteiger partial charge in [-0.1, -0.05) is 6.07 Å². The van der Waals surface area contributed by atoms with Crippen molar-refractivity contribution in [3.63, 3.8) is 0 Å². The smallest absolute Gasteiger partial charge is 0.321 e. The Labute approximate surface area is 107 Å². The van der Waals surface area contributed by atoms with Crippen LogP contribution < -0.4 is 0 Å². The number of aldehydes is 1. The SMILES string of the molecule is CCOC(=[O+]C)c1cc(C=O)c(C2CC2)cc1C. The van der Waals surface area contributed by atoms with Crippen LogP contribution in [0.25, 0.3) is 0 Å². The van der Waals surface area contributed by atoms with E-state index in [1.165, 1.54) is 18.4 Å². The molecule has 0 heterocycles. The molecule has 1 aliphatic carbocycles. The highest BCUT2D eigenvalue weighted by Crippen LogP contribution is 2.42. The third kappa shape index (κ3) is 2.45. The zero-order chi connectivity index (χ0) is 13.1. The molecule has 3 heteroatoms. The summed E-state index contributed by atoms with van der Waals surface area (Å²) in [6, 6.07) is 3.97. The van der Waals surface area contributed by atoms with Gasteiger partial charge in [-0.15, -0.1) is 0 Å². The van der Waals surface area contributed by atoms with Gasteiger partial charge >= 0.3 is 5.97 Å². The van der Waals surface area contributed by atoms with Crippen molar-refractivity contribution in [2.75, 3.05) is 13.7 Å². The maximum atomic E-state index is 11.2. The van der Waals surface area contributed by atoms with Crippen LogP contribution in [0.15, 0.2) is 12.1 Å². The van der Waals surface area contributed by atoms with Gasteiger partial charge in [0.25, 0.3) is 0 Å². The summed E-state index contributed by atoms with van der Waals surface area (Å²) >= 11 is 0. The van der Waals surface area contributed by atoms with Gasteiger partial charge < -0.3 is 9.16 Å². The fourth-order valence-electron chi connectivity index (χ4n) is 2.19. The van der Waals surface area contributed by atoms with E-state index >= 15 is 0 Å². The minimum atomic E-state index is 0.487. The van der Waals surface area contributed by atoms with Crippen LogP contribution in [0.1, 0.15) is 57.2 Å². The van der Waals surface area contributed by atoms with E-state index in [2.05, 4.69) is 6.07 Å². The lowest BCUT2D eigenvalue weighted by molar-refractivity contribution is -0.241. The molecule has 0 spiro atoms. The van der Waals surface area contributed by atoms with E-state index in [0.717, 1.165) is 23.0 Å². The van der Waals surface area contributed by atoms with E-state index in [4.69, 9.17) is 9.16 Å². The number of ether oxygens (including phenoxy) is 1. The minimum Gasteiger partial charge on any atom is -0.321 e. The number of hydrogen-bond donors (Lipinski definition) is 0. The van der Waals surface area contributed by atoms with E-state index in [9.17, 15) is 4.79 Å². The van der Waals surface area contributed by atoms with Crippen molar-refractivity contribution in [2.24, 2.45) is 0 Å². The molecule has 1 aromatic carbocycles. The number of rotatable bonds is 4. The molecular formula is C15H19O3+. The monoisotopic (exact) mass is 247 g/mol. The molecule has 0 aromatic heterocycles. The standard InChI is InChI=1S/C15H19O3/c1-4-18-15(17-3)13-8-12(9-16)14(7-10(13)2)11-5-6-11/h7-9,11H,4-6H2,1-3H3/q+1. The zero-order valence-corrected chi connectivity index (χ0v) is 11.2. The molecule has 0 bridgehead atoms. The third-order valence-electron chi connectivity index (χ3n) is 3.25. The van der Waals surface area contributed by atoms with Gasteiger partial charge in [0.05, 0.1) is 0 Å². The molecule has 0 unspecified atom stereocenters. The summed E-state index contributed by atoms with van der Waals surface area (Å²) in [6.45, 7) is 4.48. The lowest BCUT2D eigenvalue weighted by Crippen LogP contribution is -2.10. The van der Waals surface area contributed by atoms with Crippen molar-refractivity contribution >= 4 is 12.3 Å². The van der Waals surface area contributed by atoms with Crippen LogP contribution in [0.2, 0.25) is 0 Å². The van der Waals surface area contributed by atoms with Gasteiger partial charge in [0, 0.05) is 5.56 Å². The number of carbonyl (C=O) groups excluding carboxylic acids is 2. The molecule has 0 radical (unpaired) electrons. The number of aryl methyl sites for hydroxylation is 1. The van der Waals surface area contributed by atoms with E-state index in [1.807, 2.05) is 19.9 Å². The Bertz CT molecular complexity index is 485. The number of benzene rings is 1. The molecule has 1 aromatic rings. The number of hydrogen-bond acceptors (Lipinski definition) is 2. The highest BCUT2D eigenvalue weighted by atomic mass is 16.6. The van der Waals surface area contributed by atoms with E-state index < -0.39 is 0 Å². The van der Waals surface area contributed by atoms with Gasteiger partial charge in [0.1, 0.15) is 11.8 Å². The van der Waals surface area contributed by atoms with Gasteiger partial charge in [-0.2, -0.15) is 0 Å². The third-order valence-corrected chi connectivity index (χ3v) is 3.25. The van der Waals surface area contributed by atoms with Crippen molar-refractivity contribution in [3.05, 3.63) is 34.4 Å². The topological polar surface area (TPSA) is 37.6 Å². The molecule has 1 aliphatic rings. The summed E-state index contributed by atoms with van der Waals surface area (Å²) in [5.41, 5.74) is 3.88. The molecule has 2 rings (SSSR count). The Balaban J connectivity index is 2.45. The molecule has 0 amide bonds. The molecule has 0 aliphatic heterocycles. The van der Waals surface area contributed by atoms with Crippen molar-refractivity contribution in [2.45, 2.75) is 32.6 Å². The van der Waals surface area contributed by atoms with E-state index in [-0.39, 0.29) is 0 Å². The van der Waals surface area contributed by atoms with Crippen LogP contribution >= 0.6 is 0 Å². The minimum absolute atomic E-state index is 0.487. The first kappa shape index (κ1) is 12.8. The van der Waals surface area contributed by atoms with E-state index in [1.54, 1.807) is 7.11 Å². The van der Waals surface area contributed by atoms with Crippen LogP contribution in [0.4, 0.5) is 0 Å². The second kappa shape index (κ2) is 5.34. The molecular weight excluding hydrogens is 228 g/mol. The molecule has 3 nitrogen and oxygen atoms in total. The summed E-state index contributed by atoms with van der Waals surface area (Å²) in [6.07, 6.45) is 3.30. The second-order valence-electron chi connectivity index (χ2n) is 4.61. The van der Waals surface area contributed by atoms with Crippen LogP contribution in [0, 0.1) is 6.92 Å². The largest absolute Gasteiger partial charge is 0.519 e. The predicted octanol–water partition coefficient (Wildman–Crippen LogP) is 3.03. The van der Waals surface area contributed by atoms with Crippen molar-refractivity contribution < 1.29 is 14.0 Å². The van der Waals surface area contributed by atoms with Crippen LogP contribution in [0.3, 0.4) is 0 Å². The quantitative estimate of drug-likeness (QED) is 0.466.